The molecule has 0 N–H and O–H groups in total. The molecule has 0 bridgehead atoms. The minimum Gasteiger partial charge on any atom is -0.462 e. The fourth-order valence-corrected chi connectivity index (χ4v) is 7.35. The van der Waals surface area contributed by atoms with Gasteiger partial charge in [0.2, 0.25) is 0 Å². The normalized spacial score (nSPS) is 12.7. The van der Waals surface area contributed by atoms with Crippen LogP contribution in [0.5, 0.6) is 0 Å². The van der Waals surface area contributed by atoms with E-state index in [0.29, 0.717) is 19.3 Å². The largest absolute Gasteiger partial charge is 0.462 e. The van der Waals surface area contributed by atoms with E-state index in [0.717, 1.165) is 96.3 Å². The molecule has 6 heteroatoms. The molecule has 0 saturated heterocycles. The highest BCUT2D eigenvalue weighted by Crippen LogP contribution is 2.14. The SMILES string of the molecule is CC/C=C\C/C=C\C/C=C\C/C=C\C/C=C\CCCC(=O)OC(COC(=O)CCCCCCC/C=C\C=C/CCCCCCCCC)COC(=O)CCCCCCCCCCCCCC. The lowest BCUT2D eigenvalue weighted by molar-refractivity contribution is -0.167. The molecule has 0 aromatic heterocycles. The van der Waals surface area contributed by atoms with Crippen LogP contribution in [-0.2, 0) is 28.6 Å². The molecule has 0 rings (SSSR count). The van der Waals surface area contributed by atoms with Gasteiger partial charge in [-0.2, -0.15) is 0 Å². The molecule has 65 heavy (non-hydrogen) atoms. The average Bonchev–Trinajstić information content (AvgIpc) is 3.30. The molecule has 0 aliphatic heterocycles. The quantitative estimate of drug-likeness (QED) is 0.0199. The summed E-state index contributed by atoms with van der Waals surface area (Å²) < 4.78 is 16.8. The van der Waals surface area contributed by atoms with E-state index in [-0.39, 0.29) is 37.5 Å². The minimum absolute atomic E-state index is 0.103. The Morgan fingerprint density at radius 1 is 0.338 bits per heavy atom. The van der Waals surface area contributed by atoms with Gasteiger partial charge in [0.15, 0.2) is 6.10 Å². The van der Waals surface area contributed by atoms with Crippen molar-refractivity contribution in [3.8, 4) is 0 Å². The number of carbonyl (C=O) groups is 3. The first kappa shape index (κ1) is 61.6. The van der Waals surface area contributed by atoms with Crippen LogP contribution in [0.25, 0.3) is 0 Å². The van der Waals surface area contributed by atoms with Crippen LogP contribution in [-0.4, -0.2) is 37.2 Å². The second-order valence-electron chi connectivity index (χ2n) is 17.8. The van der Waals surface area contributed by atoms with Crippen molar-refractivity contribution >= 4 is 17.9 Å². The number of allylic oxidation sites excluding steroid dienone is 14. The van der Waals surface area contributed by atoms with Crippen molar-refractivity contribution in [2.24, 2.45) is 0 Å². The number of esters is 3. The van der Waals surface area contributed by atoms with Crippen LogP contribution < -0.4 is 0 Å². The summed E-state index contributed by atoms with van der Waals surface area (Å²) in [5, 5.41) is 0. The Kier molecular flexibility index (Phi) is 50.4. The molecule has 1 unspecified atom stereocenters. The number of ether oxygens (including phenoxy) is 3. The lowest BCUT2D eigenvalue weighted by Gasteiger charge is -2.18. The molecule has 6 nitrogen and oxygen atoms in total. The lowest BCUT2D eigenvalue weighted by Crippen LogP contribution is -2.30. The molecule has 0 aromatic rings. The van der Waals surface area contributed by atoms with Crippen LogP contribution in [0, 0.1) is 0 Å². The van der Waals surface area contributed by atoms with Gasteiger partial charge in [0, 0.05) is 19.3 Å². The molecule has 0 aromatic carbocycles. The number of hydrogen-bond acceptors (Lipinski definition) is 6. The third kappa shape index (κ3) is 51.4. The maximum absolute atomic E-state index is 12.8. The van der Waals surface area contributed by atoms with Crippen molar-refractivity contribution in [1.82, 2.24) is 0 Å². The van der Waals surface area contributed by atoms with Gasteiger partial charge in [-0.15, -0.1) is 0 Å². The molecular weight excluding hydrogens is 805 g/mol. The Bertz CT molecular complexity index is 1270. The molecule has 0 fully saturated rings. The maximum atomic E-state index is 12.8. The second kappa shape index (κ2) is 53.2. The molecule has 372 valence electrons. The number of unbranched alkanes of at least 4 members (excludes halogenated alkanes) is 24. The molecule has 0 radical (unpaired) electrons. The second-order valence-corrected chi connectivity index (χ2v) is 17.8. The molecular formula is C59H100O6. The first-order valence-corrected chi connectivity index (χ1v) is 27.1. The Labute approximate surface area is 401 Å². The highest BCUT2D eigenvalue weighted by atomic mass is 16.6. The van der Waals surface area contributed by atoms with E-state index in [1.54, 1.807) is 0 Å². The monoisotopic (exact) mass is 905 g/mol. The average molecular weight is 905 g/mol. The molecule has 1 atom stereocenters. The zero-order valence-corrected chi connectivity index (χ0v) is 42.5. The molecule has 0 aliphatic carbocycles. The van der Waals surface area contributed by atoms with E-state index in [4.69, 9.17) is 14.2 Å². The first-order valence-electron chi connectivity index (χ1n) is 27.1. The minimum atomic E-state index is -0.811. The maximum Gasteiger partial charge on any atom is 0.306 e. The fourth-order valence-electron chi connectivity index (χ4n) is 7.35. The van der Waals surface area contributed by atoms with Crippen LogP contribution in [0.3, 0.4) is 0 Å². The summed E-state index contributed by atoms with van der Waals surface area (Å²) in [4.78, 5) is 38.0. The fraction of sp³-hybridized carbons (Fsp3) is 0.712. The van der Waals surface area contributed by atoms with Gasteiger partial charge in [-0.25, -0.2) is 0 Å². The van der Waals surface area contributed by atoms with E-state index in [2.05, 4.69) is 106 Å². The van der Waals surface area contributed by atoms with Crippen molar-refractivity contribution in [2.45, 2.75) is 258 Å². The van der Waals surface area contributed by atoms with Crippen LogP contribution in [0.4, 0.5) is 0 Å². The van der Waals surface area contributed by atoms with Gasteiger partial charge in [-0.1, -0.05) is 234 Å². The summed E-state index contributed by atoms with van der Waals surface area (Å²) in [6.07, 6.45) is 68.6. The smallest absolute Gasteiger partial charge is 0.306 e. The van der Waals surface area contributed by atoms with E-state index < -0.39 is 6.10 Å². The Hall–Kier alpha value is -3.41. The van der Waals surface area contributed by atoms with Crippen molar-refractivity contribution in [3.05, 3.63) is 85.1 Å². The summed E-state index contributed by atoms with van der Waals surface area (Å²) in [6.45, 7) is 6.46. The predicted molar refractivity (Wildman–Crippen MR) is 279 cm³/mol. The number of hydrogen-bond donors (Lipinski definition) is 0. The molecule has 0 amide bonds. The summed E-state index contributed by atoms with van der Waals surface area (Å²) in [6, 6.07) is 0. The van der Waals surface area contributed by atoms with Gasteiger partial charge in [-0.3, -0.25) is 14.4 Å². The topological polar surface area (TPSA) is 78.9 Å². The van der Waals surface area contributed by atoms with Crippen LogP contribution in [0.15, 0.2) is 85.1 Å². The highest BCUT2D eigenvalue weighted by Gasteiger charge is 2.19. The zero-order chi connectivity index (χ0) is 47.2. The third-order valence-electron chi connectivity index (χ3n) is 11.4. The van der Waals surface area contributed by atoms with E-state index in [1.165, 1.54) is 109 Å². The van der Waals surface area contributed by atoms with E-state index in [1.807, 2.05) is 0 Å². The summed E-state index contributed by atoms with van der Waals surface area (Å²) in [7, 11) is 0. The van der Waals surface area contributed by atoms with Crippen LogP contribution in [0.1, 0.15) is 252 Å². The van der Waals surface area contributed by atoms with Gasteiger partial charge < -0.3 is 14.2 Å². The van der Waals surface area contributed by atoms with Crippen molar-refractivity contribution in [3.63, 3.8) is 0 Å². The van der Waals surface area contributed by atoms with E-state index >= 15 is 0 Å². The Balaban J connectivity index is 4.49. The summed E-state index contributed by atoms with van der Waals surface area (Å²) in [5.74, 6) is -0.975. The van der Waals surface area contributed by atoms with Gasteiger partial charge in [0.05, 0.1) is 0 Å². The molecule has 0 saturated carbocycles. The summed E-state index contributed by atoms with van der Waals surface area (Å²) in [5.41, 5.74) is 0. The molecule has 0 aliphatic rings. The lowest BCUT2D eigenvalue weighted by atomic mass is 10.0. The van der Waals surface area contributed by atoms with Gasteiger partial charge >= 0.3 is 17.9 Å². The van der Waals surface area contributed by atoms with Gasteiger partial charge in [0.25, 0.3) is 0 Å². The van der Waals surface area contributed by atoms with Crippen molar-refractivity contribution < 1.29 is 28.6 Å². The molecule has 0 spiro atoms. The van der Waals surface area contributed by atoms with Crippen molar-refractivity contribution in [1.29, 1.82) is 0 Å². The van der Waals surface area contributed by atoms with Gasteiger partial charge in [0.1, 0.15) is 13.2 Å². The van der Waals surface area contributed by atoms with Crippen molar-refractivity contribution in [2.75, 3.05) is 13.2 Å². The third-order valence-corrected chi connectivity index (χ3v) is 11.4. The van der Waals surface area contributed by atoms with Gasteiger partial charge in [-0.05, 0) is 83.5 Å². The first-order chi connectivity index (χ1) is 32.0. The summed E-state index contributed by atoms with van der Waals surface area (Å²) >= 11 is 0. The van der Waals surface area contributed by atoms with Crippen LogP contribution in [0.2, 0.25) is 0 Å². The number of carbonyl (C=O) groups excluding carboxylic acids is 3. The zero-order valence-electron chi connectivity index (χ0n) is 42.5. The van der Waals surface area contributed by atoms with E-state index in [9.17, 15) is 14.4 Å². The Morgan fingerprint density at radius 2 is 0.662 bits per heavy atom. The molecule has 0 heterocycles. The Morgan fingerprint density at radius 3 is 1.06 bits per heavy atom. The number of rotatable bonds is 48. The predicted octanol–water partition coefficient (Wildman–Crippen LogP) is 18.0. The van der Waals surface area contributed by atoms with Crippen LogP contribution >= 0.6 is 0 Å². The standard InChI is InChI=1S/C59H100O6/c1-4-7-10-13-16-19-22-25-27-29-31-32-34-37-40-43-46-49-52-58(61)64-55-56(54-63-57(60)51-48-45-42-39-36-24-21-18-15-12-9-6-3)65-59(62)53-50-47-44-41-38-35-33-30-28-26-23-20-17-14-11-8-5-2/h8,11,17,20,26-29,31-33,35,41,44,56H,4-7,9-10,12-16,18-19,21-25,30,34,36-40,42-43,45-55H2,1-3H3/b11-8-,20-17-,28-26-,29-27-,32-31-,35-33-,44-41-. The highest BCUT2D eigenvalue weighted by molar-refractivity contribution is 5.71.